The van der Waals surface area contributed by atoms with Crippen LogP contribution in [0, 0.1) is 0 Å². The van der Waals surface area contributed by atoms with Crippen LogP contribution in [0.2, 0.25) is 0 Å². The van der Waals surface area contributed by atoms with Gasteiger partial charge in [0.05, 0.1) is 11.3 Å². The van der Waals surface area contributed by atoms with Crippen molar-refractivity contribution >= 4 is 17.8 Å². The van der Waals surface area contributed by atoms with Gasteiger partial charge in [-0.2, -0.15) is 13.2 Å². The van der Waals surface area contributed by atoms with Gasteiger partial charge in [-0.15, -0.1) is 0 Å². The molecule has 2 aliphatic rings. The Morgan fingerprint density at radius 3 is 2.32 bits per heavy atom. The summed E-state index contributed by atoms with van der Waals surface area (Å²) in [4.78, 5) is 41.4. The van der Waals surface area contributed by atoms with Crippen LogP contribution in [0.4, 0.5) is 13.2 Å². The molecular weight excluding hydrogens is 501 g/mol. The molecule has 8 nitrogen and oxygen atoms in total. The van der Waals surface area contributed by atoms with Crippen LogP contribution in [0.15, 0.2) is 48.7 Å². The minimum absolute atomic E-state index is 0.00426. The maximum Gasteiger partial charge on any atom is 0.490 e. The van der Waals surface area contributed by atoms with Gasteiger partial charge in [-0.3, -0.25) is 14.6 Å². The lowest BCUT2D eigenvalue weighted by Crippen LogP contribution is -2.36. The Kier molecular flexibility index (Phi) is 8.13. The molecule has 2 aromatic heterocycles. The smallest absolute Gasteiger partial charge is 0.475 e. The van der Waals surface area contributed by atoms with Gasteiger partial charge in [-0.25, -0.2) is 4.79 Å². The fourth-order valence-corrected chi connectivity index (χ4v) is 4.51. The number of hydrogen-bond donors (Lipinski definition) is 4. The average Bonchev–Trinajstić information content (AvgIpc) is 3.35. The summed E-state index contributed by atoms with van der Waals surface area (Å²) in [7, 11) is 0. The number of aromatic nitrogens is 2. The van der Waals surface area contributed by atoms with Gasteiger partial charge < -0.3 is 20.7 Å². The van der Waals surface area contributed by atoms with Crippen molar-refractivity contribution in [3.05, 3.63) is 65.5 Å². The summed E-state index contributed by atoms with van der Waals surface area (Å²) < 4.78 is 31.7. The van der Waals surface area contributed by atoms with E-state index in [0.717, 1.165) is 47.5 Å². The predicted octanol–water partition coefficient (Wildman–Crippen LogP) is 4.73. The van der Waals surface area contributed by atoms with E-state index in [4.69, 9.17) is 9.90 Å². The largest absolute Gasteiger partial charge is 0.490 e. The Morgan fingerprint density at radius 1 is 1.00 bits per heavy atom. The highest BCUT2D eigenvalue weighted by Gasteiger charge is 2.38. The van der Waals surface area contributed by atoms with Gasteiger partial charge in [0.1, 0.15) is 0 Å². The number of H-pyrrole nitrogens is 1. The molecule has 200 valence electrons. The number of hydrogen-bond acceptors (Lipinski definition) is 4. The van der Waals surface area contributed by atoms with Gasteiger partial charge in [-0.05, 0) is 43.2 Å². The number of amides is 2. The third kappa shape index (κ3) is 6.58. The number of carbonyl (C=O) groups is 3. The summed E-state index contributed by atoms with van der Waals surface area (Å²) in [6.45, 7) is 0.661. The number of halogens is 3. The Labute approximate surface area is 216 Å². The lowest BCUT2D eigenvalue weighted by Gasteiger charge is -2.22. The molecule has 4 N–H and O–H groups in total. The van der Waals surface area contributed by atoms with Crippen molar-refractivity contribution in [3.8, 4) is 22.5 Å². The Bertz CT molecular complexity index is 1310. The van der Waals surface area contributed by atoms with E-state index in [-0.39, 0.29) is 11.8 Å². The quantitative estimate of drug-likeness (QED) is 0.390. The molecule has 0 spiro atoms. The lowest BCUT2D eigenvalue weighted by atomic mass is 9.95. The van der Waals surface area contributed by atoms with Gasteiger partial charge in [0.25, 0.3) is 11.8 Å². The first-order chi connectivity index (χ1) is 18.1. The van der Waals surface area contributed by atoms with Crippen LogP contribution < -0.4 is 10.6 Å². The molecule has 3 aromatic rings. The first-order valence-corrected chi connectivity index (χ1v) is 12.3. The Hall–Kier alpha value is -4.15. The van der Waals surface area contributed by atoms with Crippen LogP contribution in [-0.2, 0) is 11.2 Å². The molecule has 0 radical (unpaired) electrons. The molecule has 3 heterocycles. The number of aromatic amines is 1. The number of pyridine rings is 1. The zero-order valence-corrected chi connectivity index (χ0v) is 20.4. The normalized spacial score (nSPS) is 15.5. The summed E-state index contributed by atoms with van der Waals surface area (Å²) in [5.41, 5.74) is 6.03. The highest BCUT2D eigenvalue weighted by Crippen LogP contribution is 2.27. The van der Waals surface area contributed by atoms with E-state index in [9.17, 15) is 22.8 Å². The van der Waals surface area contributed by atoms with Gasteiger partial charge in [0.2, 0.25) is 0 Å². The number of alkyl halides is 3. The van der Waals surface area contributed by atoms with Crippen molar-refractivity contribution < 1.29 is 32.7 Å². The van der Waals surface area contributed by atoms with Crippen LogP contribution in [-0.4, -0.2) is 51.6 Å². The Morgan fingerprint density at radius 2 is 1.68 bits per heavy atom. The molecular formula is C27H27F3N4O4. The fraction of sp³-hybridized carbons (Fsp3) is 0.333. The van der Waals surface area contributed by atoms with Crippen molar-refractivity contribution in [2.24, 2.45) is 0 Å². The van der Waals surface area contributed by atoms with Crippen molar-refractivity contribution in [2.75, 3.05) is 6.54 Å². The van der Waals surface area contributed by atoms with Gasteiger partial charge in [0, 0.05) is 53.3 Å². The number of nitrogens with one attached hydrogen (secondary N) is 3. The van der Waals surface area contributed by atoms with Crippen molar-refractivity contribution in [3.63, 3.8) is 0 Å². The van der Waals surface area contributed by atoms with E-state index < -0.39 is 12.1 Å². The van der Waals surface area contributed by atoms with Crippen LogP contribution >= 0.6 is 0 Å². The van der Waals surface area contributed by atoms with Crippen molar-refractivity contribution in [1.82, 2.24) is 20.6 Å². The molecule has 1 aliphatic carbocycles. The summed E-state index contributed by atoms with van der Waals surface area (Å²) >= 11 is 0. The molecule has 11 heteroatoms. The molecule has 5 rings (SSSR count). The summed E-state index contributed by atoms with van der Waals surface area (Å²) in [5, 5.41) is 13.2. The number of carboxylic acid groups (broad SMARTS) is 1. The number of aliphatic carboxylic acids is 1. The second-order valence-electron chi connectivity index (χ2n) is 9.20. The number of fused-ring (bicyclic) bond motifs is 1. The van der Waals surface area contributed by atoms with Crippen LogP contribution in [0.5, 0.6) is 0 Å². The number of nitrogens with zero attached hydrogens (tertiary/aromatic N) is 1. The maximum atomic E-state index is 12.6. The fourth-order valence-electron chi connectivity index (χ4n) is 4.51. The summed E-state index contributed by atoms with van der Waals surface area (Å²) in [5.74, 6) is -2.79. The first kappa shape index (κ1) is 26.9. The molecule has 1 saturated carbocycles. The van der Waals surface area contributed by atoms with Crippen molar-refractivity contribution in [2.45, 2.75) is 50.7 Å². The Balaban J connectivity index is 0.000000426. The van der Waals surface area contributed by atoms with Gasteiger partial charge in [-0.1, -0.05) is 31.4 Å². The molecule has 0 saturated heterocycles. The topological polar surface area (TPSA) is 124 Å². The molecule has 0 atom stereocenters. The maximum absolute atomic E-state index is 12.6. The monoisotopic (exact) mass is 528 g/mol. The zero-order chi connectivity index (χ0) is 27.3. The molecule has 2 amide bonds. The van der Waals surface area contributed by atoms with Crippen LogP contribution in [0.25, 0.3) is 22.5 Å². The highest BCUT2D eigenvalue weighted by molar-refractivity contribution is 5.98. The minimum Gasteiger partial charge on any atom is -0.475 e. The molecule has 1 aromatic carbocycles. The second-order valence-corrected chi connectivity index (χ2v) is 9.20. The van der Waals surface area contributed by atoms with E-state index in [1.54, 1.807) is 6.20 Å². The standard InChI is InChI=1S/C25H26N4O2.C2HF3O2/c30-24(28-19-4-2-1-3-5-19)17-8-6-16(7-9-17)22-14-18(10-12-26-22)23-15-20-21(29-23)11-13-27-25(20)31;3-2(4,5)1(6)7/h6-10,12,14-15,19,29H,1-5,11,13H2,(H,27,31)(H,28,30);(H,6,7). The predicted molar refractivity (Wildman–Crippen MR) is 134 cm³/mol. The number of benzene rings is 1. The third-order valence-electron chi connectivity index (χ3n) is 6.50. The van der Waals surface area contributed by atoms with E-state index >= 15 is 0 Å². The molecule has 1 fully saturated rings. The van der Waals surface area contributed by atoms with Gasteiger partial charge >= 0.3 is 12.1 Å². The van der Waals surface area contributed by atoms with E-state index in [2.05, 4.69) is 20.6 Å². The first-order valence-electron chi connectivity index (χ1n) is 12.3. The zero-order valence-electron chi connectivity index (χ0n) is 20.4. The average molecular weight is 529 g/mol. The van der Waals surface area contributed by atoms with Crippen molar-refractivity contribution in [1.29, 1.82) is 0 Å². The third-order valence-corrected chi connectivity index (χ3v) is 6.50. The summed E-state index contributed by atoms with van der Waals surface area (Å²) in [6, 6.07) is 13.7. The molecule has 1 aliphatic heterocycles. The number of carbonyl (C=O) groups excluding carboxylic acids is 2. The molecule has 38 heavy (non-hydrogen) atoms. The molecule has 0 bridgehead atoms. The van der Waals surface area contributed by atoms with E-state index in [0.29, 0.717) is 23.7 Å². The second kappa shape index (κ2) is 11.5. The summed E-state index contributed by atoms with van der Waals surface area (Å²) in [6.07, 6.45) is 3.30. The lowest BCUT2D eigenvalue weighted by molar-refractivity contribution is -0.192. The number of carboxylic acids is 1. The SMILES string of the molecule is O=C(NC1CCCCC1)c1ccc(-c2cc(-c3cc4c([nH]3)CCNC4=O)ccn2)cc1.O=C(O)C(F)(F)F. The van der Waals surface area contributed by atoms with E-state index in [1.807, 2.05) is 42.5 Å². The van der Waals surface area contributed by atoms with E-state index in [1.165, 1.54) is 19.3 Å². The van der Waals surface area contributed by atoms with Gasteiger partial charge in [0.15, 0.2) is 0 Å². The highest BCUT2D eigenvalue weighted by atomic mass is 19.4. The number of rotatable bonds is 4. The molecule has 0 unspecified atom stereocenters. The van der Waals surface area contributed by atoms with Crippen LogP contribution in [0.1, 0.15) is 58.5 Å². The minimum atomic E-state index is -5.08. The van der Waals surface area contributed by atoms with Crippen LogP contribution in [0.3, 0.4) is 0 Å².